The van der Waals surface area contributed by atoms with Crippen molar-refractivity contribution in [3.05, 3.63) is 28.7 Å². The minimum atomic E-state index is -3.44. The number of rotatable bonds is 13. The highest BCUT2D eigenvalue weighted by atomic mass is 79.9. The summed E-state index contributed by atoms with van der Waals surface area (Å²) < 4.78 is 34.3. The third-order valence-electron chi connectivity index (χ3n) is 6.70. The van der Waals surface area contributed by atoms with E-state index < -0.39 is 10.0 Å². The van der Waals surface area contributed by atoms with E-state index in [9.17, 15) is 8.42 Å². The van der Waals surface area contributed by atoms with E-state index in [0.29, 0.717) is 4.90 Å². The molecule has 31 heavy (non-hydrogen) atoms. The van der Waals surface area contributed by atoms with Gasteiger partial charge in [0.2, 0.25) is 10.0 Å². The van der Waals surface area contributed by atoms with Gasteiger partial charge in [-0.2, -0.15) is 4.31 Å². The molecule has 176 valence electrons. The Balaban J connectivity index is 1.27. The zero-order valence-corrected chi connectivity index (χ0v) is 21.5. The van der Waals surface area contributed by atoms with Crippen molar-refractivity contribution in [1.82, 2.24) is 9.21 Å². The Bertz CT molecular complexity index is 760. The molecule has 2 aliphatic rings. The van der Waals surface area contributed by atoms with E-state index in [1.54, 1.807) is 35.6 Å². The Morgan fingerprint density at radius 1 is 0.935 bits per heavy atom. The fourth-order valence-corrected chi connectivity index (χ4v) is 6.14. The summed E-state index contributed by atoms with van der Waals surface area (Å²) in [6.45, 7) is 3.34. The minimum Gasteiger partial charge on any atom is -0.378 e. The topological polar surface area (TPSA) is 49.9 Å². The van der Waals surface area contributed by atoms with Crippen molar-refractivity contribution < 1.29 is 13.2 Å². The molecule has 0 bridgehead atoms. The van der Waals surface area contributed by atoms with Crippen molar-refractivity contribution in [2.75, 3.05) is 33.8 Å². The number of halogens is 1. The predicted molar refractivity (Wildman–Crippen MR) is 130 cm³/mol. The van der Waals surface area contributed by atoms with Crippen LogP contribution in [-0.4, -0.2) is 63.6 Å². The van der Waals surface area contributed by atoms with Crippen LogP contribution in [0.5, 0.6) is 0 Å². The van der Waals surface area contributed by atoms with E-state index in [4.69, 9.17) is 4.74 Å². The predicted octanol–water partition coefficient (Wildman–Crippen LogP) is 5.30. The lowest BCUT2D eigenvalue weighted by Gasteiger charge is -2.34. The standard InChI is InChI=1S/C24H39BrN2O3S/c1-26(19-20-7-8-20)17-5-3-4-6-18-30-23-13-11-22(12-14-23)27(2)31(28,29)24-15-9-21(25)10-16-24/h9-10,15-16,20,22-23H,3-8,11-14,17-19H2,1-2H3/t22-,23-. The van der Waals surface area contributed by atoms with Crippen LogP contribution in [0.2, 0.25) is 0 Å². The van der Waals surface area contributed by atoms with E-state index in [1.807, 2.05) is 0 Å². The molecule has 0 heterocycles. The van der Waals surface area contributed by atoms with Gasteiger partial charge in [0.25, 0.3) is 0 Å². The van der Waals surface area contributed by atoms with Gasteiger partial charge in [0, 0.05) is 30.7 Å². The molecule has 5 nitrogen and oxygen atoms in total. The summed E-state index contributed by atoms with van der Waals surface area (Å²) in [5.74, 6) is 0.981. The number of hydrogen-bond acceptors (Lipinski definition) is 4. The molecule has 3 rings (SSSR count). The van der Waals surface area contributed by atoms with Crippen molar-refractivity contribution in [3.8, 4) is 0 Å². The Hall–Kier alpha value is -0.470. The second-order valence-corrected chi connectivity index (χ2v) is 12.3. The first-order valence-corrected chi connectivity index (χ1v) is 14.1. The molecular weight excluding hydrogens is 476 g/mol. The van der Waals surface area contributed by atoms with Crippen LogP contribution in [0.1, 0.15) is 64.2 Å². The Kier molecular flexibility index (Phi) is 9.84. The monoisotopic (exact) mass is 514 g/mol. The van der Waals surface area contributed by atoms with Crippen molar-refractivity contribution in [2.24, 2.45) is 5.92 Å². The molecule has 0 unspecified atom stereocenters. The van der Waals surface area contributed by atoms with Crippen LogP contribution in [0, 0.1) is 5.92 Å². The van der Waals surface area contributed by atoms with E-state index in [2.05, 4.69) is 27.9 Å². The SMILES string of the molecule is CN(CCCCCCO[C@H]1CC[C@H](N(C)S(=O)(=O)c2ccc(Br)cc2)CC1)CC1CC1. The number of hydrogen-bond donors (Lipinski definition) is 0. The third kappa shape index (κ3) is 8.11. The van der Waals surface area contributed by atoms with Crippen LogP contribution < -0.4 is 0 Å². The number of nitrogens with zero attached hydrogens (tertiary/aromatic N) is 2. The normalized spacial score (nSPS) is 22.4. The molecule has 0 aliphatic heterocycles. The number of sulfonamides is 1. The van der Waals surface area contributed by atoms with Gasteiger partial charge in [0.05, 0.1) is 11.0 Å². The average molecular weight is 516 g/mol. The summed E-state index contributed by atoms with van der Waals surface area (Å²) in [7, 11) is 0.519. The molecule has 7 heteroatoms. The van der Waals surface area contributed by atoms with E-state index in [-0.39, 0.29) is 12.1 Å². The summed E-state index contributed by atoms with van der Waals surface area (Å²) in [6.07, 6.45) is 11.7. The number of unbranched alkanes of at least 4 members (excludes halogenated alkanes) is 3. The molecule has 1 aromatic rings. The third-order valence-corrected chi connectivity index (χ3v) is 9.16. The van der Waals surface area contributed by atoms with Crippen LogP contribution in [0.25, 0.3) is 0 Å². The molecule has 0 atom stereocenters. The van der Waals surface area contributed by atoms with Gasteiger partial charge in [-0.3, -0.25) is 0 Å². The molecule has 2 aliphatic carbocycles. The molecular formula is C24H39BrN2O3S. The van der Waals surface area contributed by atoms with E-state index in [1.165, 1.54) is 45.2 Å². The summed E-state index contributed by atoms with van der Waals surface area (Å²) in [6, 6.07) is 6.93. The quantitative estimate of drug-likeness (QED) is 0.335. The van der Waals surface area contributed by atoms with Gasteiger partial charge in [-0.05, 0) is 95.1 Å². The van der Waals surface area contributed by atoms with Crippen LogP contribution in [-0.2, 0) is 14.8 Å². The van der Waals surface area contributed by atoms with Crippen molar-refractivity contribution in [1.29, 1.82) is 0 Å². The van der Waals surface area contributed by atoms with Crippen molar-refractivity contribution in [3.63, 3.8) is 0 Å². The molecule has 2 saturated carbocycles. The Morgan fingerprint density at radius 2 is 1.58 bits per heavy atom. The first-order chi connectivity index (χ1) is 14.9. The van der Waals surface area contributed by atoms with Crippen molar-refractivity contribution in [2.45, 2.75) is 81.2 Å². The van der Waals surface area contributed by atoms with E-state index in [0.717, 1.165) is 49.1 Å². The minimum absolute atomic E-state index is 0.0566. The summed E-state index contributed by atoms with van der Waals surface area (Å²) in [4.78, 5) is 2.84. The van der Waals surface area contributed by atoms with Crippen LogP contribution in [0.3, 0.4) is 0 Å². The highest BCUT2D eigenvalue weighted by molar-refractivity contribution is 9.10. The number of ether oxygens (including phenoxy) is 1. The molecule has 0 N–H and O–H groups in total. The van der Waals surface area contributed by atoms with Gasteiger partial charge in [-0.25, -0.2) is 8.42 Å². The maximum absolute atomic E-state index is 12.9. The van der Waals surface area contributed by atoms with Gasteiger partial charge in [-0.1, -0.05) is 28.8 Å². The molecule has 0 spiro atoms. The molecule has 0 aromatic heterocycles. The van der Waals surface area contributed by atoms with Crippen molar-refractivity contribution >= 4 is 26.0 Å². The fraction of sp³-hybridized carbons (Fsp3) is 0.750. The average Bonchev–Trinajstić information content (AvgIpc) is 3.57. The molecule has 2 fully saturated rings. The Morgan fingerprint density at radius 3 is 2.23 bits per heavy atom. The van der Waals surface area contributed by atoms with Crippen LogP contribution in [0.15, 0.2) is 33.6 Å². The highest BCUT2D eigenvalue weighted by Crippen LogP contribution is 2.30. The summed E-state index contributed by atoms with van der Waals surface area (Å²) in [5, 5.41) is 0. The first-order valence-electron chi connectivity index (χ1n) is 11.9. The summed E-state index contributed by atoms with van der Waals surface area (Å²) in [5.41, 5.74) is 0. The molecule has 0 radical (unpaired) electrons. The van der Waals surface area contributed by atoms with Gasteiger partial charge >= 0.3 is 0 Å². The lowest BCUT2D eigenvalue weighted by molar-refractivity contribution is 0.0156. The lowest BCUT2D eigenvalue weighted by atomic mass is 9.93. The van der Waals surface area contributed by atoms with Crippen LogP contribution in [0.4, 0.5) is 0 Å². The van der Waals surface area contributed by atoms with E-state index >= 15 is 0 Å². The summed E-state index contributed by atoms with van der Waals surface area (Å²) >= 11 is 3.36. The van der Waals surface area contributed by atoms with Crippen LogP contribution >= 0.6 is 15.9 Å². The maximum Gasteiger partial charge on any atom is 0.243 e. The zero-order chi connectivity index (χ0) is 22.3. The largest absolute Gasteiger partial charge is 0.378 e. The second-order valence-electron chi connectivity index (χ2n) is 9.40. The molecule has 0 amide bonds. The Labute approximate surface area is 197 Å². The van der Waals surface area contributed by atoms with Gasteiger partial charge in [-0.15, -0.1) is 0 Å². The fourth-order valence-electron chi connectivity index (χ4n) is 4.46. The smallest absolute Gasteiger partial charge is 0.243 e. The zero-order valence-electron chi connectivity index (χ0n) is 19.1. The van der Waals surface area contributed by atoms with Gasteiger partial charge < -0.3 is 9.64 Å². The number of benzene rings is 1. The van der Waals surface area contributed by atoms with Gasteiger partial charge in [0.15, 0.2) is 0 Å². The second kappa shape index (κ2) is 12.1. The van der Waals surface area contributed by atoms with Gasteiger partial charge in [0.1, 0.15) is 0 Å². The first kappa shape index (κ1) is 25.2. The highest BCUT2D eigenvalue weighted by Gasteiger charge is 2.31. The molecule has 0 saturated heterocycles. The molecule has 1 aromatic carbocycles. The lowest BCUT2D eigenvalue weighted by Crippen LogP contribution is -2.40. The maximum atomic E-state index is 12.9.